The Morgan fingerprint density at radius 1 is 1.00 bits per heavy atom. The first-order valence-electron chi connectivity index (χ1n) is 7.47. The standard InChI is InChI=1S/C17H23N/c1-13-7-2-5-11-16(13)18-17-12-6-10-15(17)14-8-3-4-9-14/h2,5,7,11,14-15H,3-4,6,8-10,12H2,1H3. The minimum Gasteiger partial charge on any atom is -0.257 e. The highest BCUT2D eigenvalue weighted by Gasteiger charge is 2.32. The highest BCUT2D eigenvalue weighted by atomic mass is 14.8. The molecule has 0 radical (unpaired) electrons. The summed E-state index contributed by atoms with van der Waals surface area (Å²) in [7, 11) is 0. The SMILES string of the molecule is Cc1ccccc1N=C1CCCC1C1CCCC1. The van der Waals surface area contributed by atoms with Crippen molar-refractivity contribution in [2.24, 2.45) is 16.8 Å². The normalized spacial score (nSPS) is 27.2. The molecule has 2 fully saturated rings. The third-order valence-corrected chi connectivity index (χ3v) is 4.72. The van der Waals surface area contributed by atoms with Crippen LogP contribution in [0, 0.1) is 18.8 Å². The topological polar surface area (TPSA) is 12.4 Å². The van der Waals surface area contributed by atoms with Gasteiger partial charge in [0.1, 0.15) is 0 Å². The Morgan fingerprint density at radius 2 is 1.78 bits per heavy atom. The van der Waals surface area contributed by atoms with Gasteiger partial charge in [-0.05, 0) is 56.6 Å². The summed E-state index contributed by atoms with van der Waals surface area (Å²) in [5.74, 6) is 1.74. The van der Waals surface area contributed by atoms with Gasteiger partial charge in [0.2, 0.25) is 0 Å². The molecule has 1 heteroatoms. The highest BCUT2D eigenvalue weighted by Crippen LogP contribution is 2.40. The Morgan fingerprint density at radius 3 is 2.56 bits per heavy atom. The molecular formula is C17H23N. The van der Waals surface area contributed by atoms with Gasteiger partial charge in [-0.1, -0.05) is 31.0 Å². The Labute approximate surface area is 110 Å². The van der Waals surface area contributed by atoms with Crippen molar-refractivity contribution in [2.45, 2.75) is 51.9 Å². The van der Waals surface area contributed by atoms with Crippen molar-refractivity contribution < 1.29 is 0 Å². The van der Waals surface area contributed by atoms with Crippen molar-refractivity contribution in [3.63, 3.8) is 0 Å². The zero-order valence-corrected chi connectivity index (χ0v) is 11.4. The molecule has 1 atom stereocenters. The molecule has 0 spiro atoms. The van der Waals surface area contributed by atoms with Crippen LogP contribution in [0.25, 0.3) is 0 Å². The van der Waals surface area contributed by atoms with Gasteiger partial charge in [-0.3, -0.25) is 4.99 Å². The minimum atomic E-state index is 0.798. The quantitative estimate of drug-likeness (QED) is 0.686. The average molecular weight is 241 g/mol. The Bertz CT molecular complexity index is 441. The van der Waals surface area contributed by atoms with E-state index in [-0.39, 0.29) is 0 Å². The van der Waals surface area contributed by atoms with E-state index < -0.39 is 0 Å². The summed E-state index contributed by atoms with van der Waals surface area (Å²) in [5.41, 5.74) is 4.00. The average Bonchev–Trinajstić information content (AvgIpc) is 3.02. The Balaban J connectivity index is 1.84. The molecule has 0 aliphatic heterocycles. The van der Waals surface area contributed by atoms with Crippen LogP contribution in [0.3, 0.4) is 0 Å². The second kappa shape index (κ2) is 5.26. The number of hydrogen-bond acceptors (Lipinski definition) is 1. The summed E-state index contributed by atoms with van der Waals surface area (Å²) in [4.78, 5) is 5.00. The van der Waals surface area contributed by atoms with Gasteiger partial charge < -0.3 is 0 Å². The summed E-state index contributed by atoms with van der Waals surface area (Å²) in [5, 5.41) is 0. The molecule has 2 aliphatic rings. The number of nitrogens with zero attached hydrogens (tertiary/aromatic N) is 1. The fraction of sp³-hybridized carbons (Fsp3) is 0.588. The molecule has 1 aromatic carbocycles. The van der Waals surface area contributed by atoms with Gasteiger partial charge in [0.15, 0.2) is 0 Å². The molecule has 18 heavy (non-hydrogen) atoms. The van der Waals surface area contributed by atoms with Crippen LogP contribution >= 0.6 is 0 Å². The molecule has 3 rings (SSSR count). The zero-order valence-electron chi connectivity index (χ0n) is 11.4. The van der Waals surface area contributed by atoms with E-state index in [1.54, 1.807) is 0 Å². The van der Waals surface area contributed by atoms with E-state index in [9.17, 15) is 0 Å². The molecule has 0 amide bonds. The van der Waals surface area contributed by atoms with Gasteiger partial charge in [0.05, 0.1) is 5.69 Å². The molecule has 0 N–H and O–H groups in total. The van der Waals surface area contributed by atoms with Gasteiger partial charge in [-0.25, -0.2) is 0 Å². The van der Waals surface area contributed by atoms with Crippen LogP contribution in [0.4, 0.5) is 5.69 Å². The van der Waals surface area contributed by atoms with Gasteiger partial charge in [0, 0.05) is 11.6 Å². The molecule has 0 bridgehead atoms. The van der Waals surface area contributed by atoms with Crippen LogP contribution in [0.1, 0.15) is 50.5 Å². The molecular weight excluding hydrogens is 218 g/mol. The molecule has 0 aromatic heterocycles. The first-order chi connectivity index (χ1) is 8.84. The predicted molar refractivity (Wildman–Crippen MR) is 77.6 cm³/mol. The lowest BCUT2D eigenvalue weighted by molar-refractivity contribution is 0.424. The number of para-hydroxylation sites is 1. The highest BCUT2D eigenvalue weighted by molar-refractivity contribution is 5.91. The van der Waals surface area contributed by atoms with E-state index in [1.165, 1.54) is 61.9 Å². The van der Waals surface area contributed by atoms with Crippen molar-refractivity contribution in [3.05, 3.63) is 29.8 Å². The molecule has 0 heterocycles. The number of hydrogen-bond donors (Lipinski definition) is 0. The molecule has 1 unspecified atom stereocenters. The van der Waals surface area contributed by atoms with Crippen molar-refractivity contribution in [3.8, 4) is 0 Å². The fourth-order valence-electron chi connectivity index (χ4n) is 3.71. The maximum absolute atomic E-state index is 5.00. The number of aliphatic imine (C=N–C) groups is 1. The molecule has 1 nitrogen and oxygen atoms in total. The second-order valence-electron chi connectivity index (χ2n) is 5.93. The fourth-order valence-corrected chi connectivity index (χ4v) is 3.71. The van der Waals surface area contributed by atoms with Crippen LogP contribution in [-0.2, 0) is 0 Å². The number of benzene rings is 1. The minimum absolute atomic E-state index is 0.798. The first-order valence-corrected chi connectivity index (χ1v) is 7.47. The van der Waals surface area contributed by atoms with Gasteiger partial charge >= 0.3 is 0 Å². The van der Waals surface area contributed by atoms with E-state index in [1.807, 2.05) is 0 Å². The summed E-state index contributed by atoms with van der Waals surface area (Å²) in [6.07, 6.45) is 9.74. The maximum Gasteiger partial charge on any atom is 0.0658 e. The molecule has 0 saturated heterocycles. The largest absolute Gasteiger partial charge is 0.257 e. The van der Waals surface area contributed by atoms with E-state index in [4.69, 9.17) is 4.99 Å². The van der Waals surface area contributed by atoms with Crippen LogP contribution in [0.2, 0.25) is 0 Å². The van der Waals surface area contributed by atoms with E-state index >= 15 is 0 Å². The van der Waals surface area contributed by atoms with Gasteiger partial charge in [-0.2, -0.15) is 0 Å². The van der Waals surface area contributed by atoms with E-state index in [0.29, 0.717) is 0 Å². The molecule has 2 aliphatic carbocycles. The molecule has 1 aromatic rings. The van der Waals surface area contributed by atoms with E-state index in [0.717, 1.165) is 11.8 Å². The second-order valence-corrected chi connectivity index (χ2v) is 5.93. The van der Waals surface area contributed by atoms with Crippen LogP contribution in [0.5, 0.6) is 0 Å². The van der Waals surface area contributed by atoms with Crippen molar-refractivity contribution >= 4 is 11.4 Å². The smallest absolute Gasteiger partial charge is 0.0658 e. The number of aryl methyl sites for hydroxylation is 1. The molecule has 2 saturated carbocycles. The third kappa shape index (κ3) is 2.36. The third-order valence-electron chi connectivity index (χ3n) is 4.72. The lowest BCUT2D eigenvalue weighted by Gasteiger charge is -2.19. The van der Waals surface area contributed by atoms with Crippen LogP contribution in [-0.4, -0.2) is 5.71 Å². The zero-order chi connectivity index (χ0) is 12.4. The summed E-state index contributed by atoms with van der Waals surface area (Å²) in [6, 6.07) is 8.53. The first kappa shape index (κ1) is 12.0. The van der Waals surface area contributed by atoms with Crippen molar-refractivity contribution in [1.82, 2.24) is 0 Å². The lowest BCUT2D eigenvalue weighted by Crippen LogP contribution is -2.16. The lowest BCUT2D eigenvalue weighted by atomic mass is 9.88. The van der Waals surface area contributed by atoms with E-state index in [2.05, 4.69) is 31.2 Å². The van der Waals surface area contributed by atoms with Crippen LogP contribution < -0.4 is 0 Å². The number of rotatable bonds is 2. The Kier molecular flexibility index (Phi) is 3.49. The monoisotopic (exact) mass is 241 g/mol. The summed E-state index contributed by atoms with van der Waals surface area (Å²) in [6.45, 7) is 2.17. The van der Waals surface area contributed by atoms with Crippen molar-refractivity contribution in [2.75, 3.05) is 0 Å². The summed E-state index contributed by atoms with van der Waals surface area (Å²) >= 11 is 0. The van der Waals surface area contributed by atoms with Crippen LogP contribution in [0.15, 0.2) is 29.3 Å². The van der Waals surface area contributed by atoms with Gasteiger partial charge in [0.25, 0.3) is 0 Å². The molecule has 96 valence electrons. The van der Waals surface area contributed by atoms with Gasteiger partial charge in [-0.15, -0.1) is 0 Å². The van der Waals surface area contributed by atoms with Crippen molar-refractivity contribution in [1.29, 1.82) is 0 Å². The summed E-state index contributed by atoms with van der Waals surface area (Å²) < 4.78 is 0. The predicted octanol–water partition coefficient (Wildman–Crippen LogP) is 5.06. The Hall–Kier alpha value is -1.11. The maximum atomic E-state index is 5.00.